The average Bonchev–Trinajstić information content (AvgIpc) is 2.96. The Balaban J connectivity index is 1.52. The van der Waals surface area contributed by atoms with Gasteiger partial charge in [-0.3, -0.25) is 4.79 Å². The number of hydrogen-bond acceptors (Lipinski definition) is 5. The Morgan fingerprint density at radius 2 is 2.00 bits per heavy atom. The summed E-state index contributed by atoms with van der Waals surface area (Å²) in [5, 5.41) is 13.8. The Kier molecular flexibility index (Phi) is 5.40. The molecule has 2 fully saturated rings. The number of aliphatic hydroxyl groups is 1. The quantitative estimate of drug-likeness (QED) is 0.799. The van der Waals surface area contributed by atoms with E-state index in [9.17, 15) is 23.1 Å². The lowest BCUT2D eigenvalue weighted by molar-refractivity contribution is -0.0123. The molecule has 1 saturated heterocycles. The minimum absolute atomic E-state index is 0.126. The summed E-state index contributed by atoms with van der Waals surface area (Å²) < 4.78 is 41.9. The zero-order valence-electron chi connectivity index (χ0n) is 16.5. The van der Waals surface area contributed by atoms with Crippen LogP contribution in [0.3, 0.4) is 0 Å². The highest BCUT2D eigenvalue weighted by molar-refractivity contribution is 5.92. The first-order chi connectivity index (χ1) is 14.3. The van der Waals surface area contributed by atoms with Gasteiger partial charge in [0, 0.05) is 36.0 Å². The number of carbonyl (C=O) groups excluding carboxylic acids is 1. The normalized spacial score (nSPS) is 28.7. The molecular formula is C21H23F3N4O2. The van der Waals surface area contributed by atoms with Crippen LogP contribution in [0.15, 0.2) is 30.5 Å². The zero-order chi connectivity index (χ0) is 21.5. The molecule has 1 aliphatic heterocycles. The first-order valence-electron chi connectivity index (χ1n) is 9.91. The summed E-state index contributed by atoms with van der Waals surface area (Å²) in [5.74, 6) is -1.45. The molecule has 0 bridgehead atoms. The summed E-state index contributed by atoms with van der Waals surface area (Å²) in [5.41, 5.74) is -0.406. The van der Waals surface area contributed by atoms with Crippen LogP contribution in [0.2, 0.25) is 0 Å². The van der Waals surface area contributed by atoms with Crippen molar-refractivity contribution in [1.82, 2.24) is 15.3 Å². The number of halogens is 3. The molecule has 2 aromatic rings. The van der Waals surface area contributed by atoms with Crippen molar-refractivity contribution in [3.8, 4) is 0 Å². The van der Waals surface area contributed by atoms with Crippen LogP contribution in [0.1, 0.15) is 42.0 Å². The number of nitrogens with zero attached hydrogens (tertiary/aromatic N) is 3. The summed E-state index contributed by atoms with van der Waals surface area (Å²) in [4.78, 5) is 22.1. The number of nitrogens with one attached hydrogen (secondary N) is 1. The molecular weight excluding hydrogens is 397 g/mol. The van der Waals surface area contributed by atoms with Crippen LogP contribution in [0.5, 0.6) is 0 Å². The number of aromatic nitrogens is 2. The topological polar surface area (TPSA) is 78.4 Å². The molecule has 1 amide bonds. The minimum atomic E-state index is -1.21. The van der Waals surface area contributed by atoms with Crippen molar-refractivity contribution in [2.24, 2.45) is 5.41 Å². The molecule has 2 aliphatic rings. The third kappa shape index (κ3) is 3.98. The van der Waals surface area contributed by atoms with Crippen molar-refractivity contribution in [2.75, 3.05) is 11.4 Å². The van der Waals surface area contributed by atoms with E-state index in [1.165, 1.54) is 17.2 Å². The van der Waals surface area contributed by atoms with E-state index >= 15 is 0 Å². The van der Waals surface area contributed by atoms with Gasteiger partial charge in [0.05, 0.1) is 0 Å². The average molecular weight is 420 g/mol. The van der Waals surface area contributed by atoms with Gasteiger partial charge in [0.1, 0.15) is 35.6 Å². The molecule has 1 saturated carbocycles. The van der Waals surface area contributed by atoms with Crippen molar-refractivity contribution in [3.05, 3.63) is 53.6 Å². The standard InChI is InChI=1S/C21H23F3N4O2/c1-12-25-4-2-18(26-12)19(29)27-16-7-15(24)10-21(11-16)3-5-28(20(21)30)17-8-13(22)6-14(23)9-17/h2,4,6,8-9,15-16,20,30H,3,5,7,10-11H2,1H3,(H,27,29). The summed E-state index contributed by atoms with van der Waals surface area (Å²) in [6.45, 7) is 2.01. The molecule has 4 rings (SSSR count). The van der Waals surface area contributed by atoms with Crippen molar-refractivity contribution in [2.45, 2.75) is 51.0 Å². The molecule has 30 heavy (non-hydrogen) atoms. The van der Waals surface area contributed by atoms with E-state index in [-0.39, 0.29) is 24.2 Å². The second-order valence-corrected chi connectivity index (χ2v) is 8.21. The molecule has 9 heteroatoms. The molecule has 4 atom stereocenters. The summed E-state index contributed by atoms with van der Waals surface area (Å²) in [7, 11) is 0. The number of aryl methyl sites for hydroxylation is 1. The lowest BCUT2D eigenvalue weighted by atomic mass is 9.69. The molecule has 0 radical (unpaired) electrons. The SMILES string of the molecule is Cc1nccc(C(=O)NC2CC(F)CC3(CCN(c4cc(F)cc(F)c4)C3O)C2)n1. The number of rotatable bonds is 3. The van der Waals surface area contributed by atoms with Crippen LogP contribution in [-0.2, 0) is 0 Å². The number of amides is 1. The predicted molar refractivity (Wildman–Crippen MR) is 104 cm³/mol. The third-order valence-corrected chi connectivity index (χ3v) is 6.04. The van der Waals surface area contributed by atoms with Crippen LogP contribution < -0.4 is 10.2 Å². The second kappa shape index (κ2) is 7.86. The van der Waals surface area contributed by atoms with Gasteiger partial charge in [0.15, 0.2) is 0 Å². The van der Waals surface area contributed by atoms with Gasteiger partial charge in [-0.15, -0.1) is 0 Å². The first kappa shape index (κ1) is 20.6. The fourth-order valence-corrected chi connectivity index (χ4v) is 4.76. The first-order valence-corrected chi connectivity index (χ1v) is 9.91. The largest absolute Gasteiger partial charge is 0.373 e. The van der Waals surface area contributed by atoms with E-state index < -0.39 is 41.4 Å². The van der Waals surface area contributed by atoms with Crippen molar-refractivity contribution >= 4 is 11.6 Å². The smallest absolute Gasteiger partial charge is 0.270 e. The summed E-state index contributed by atoms with van der Waals surface area (Å²) >= 11 is 0. The zero-order valence-corrected chi connectivity index (χ0v) is 16.5. The highest BCUT2D eigenvalue weighted by Crippen LogP contribution is 2.49. The van der Waals surface area contributed by atoms with E-state index in [2.05, 4.69) is 15.3 Å². The lowest BCUT2D eigenvalue weighted by Crippen LogP contribution is -2.51. The molecule has 160 valence electrons. The van der Waals surface area contributed by atoms with Crippen LogP contribution in [-0.4, -0.2) is 46.0 Å². The Labute approximate surface area is 172 Å². The third-order valence-electron chi connectivity index (χ3n) is 6.04. The Morgan fingerprint density at radius 3 is 2.70 bits per heavy atom. The van der Waals surface area contributed by atoms with Gasteiger partial charge < -0.3 is 15.3 Å². The molecule has 2 N–H and O–H groups in total. The summed E-state index contributed by atoms with van der Waals surface area (Å²) in [6.07, 6.45) is 0.229. The van der Waals surface area contributed by atoms with E-state index in [4.69, 9.17) is 0 Å². The Morgan fingerprint density at radius 1 is 1.27 bits per heavy atom. The van der Waals surface area contributed by atoms with Crippen LogP contribution in [0, 0.1) is 24.0 Å². The van der Waals surface area contributed by atoms with E-state index in [1.807, 2.05) is 0 Å². The molecule has 1 aromatic heterocycles. The molecule has 2 heterocycles. The van der Waals surface area contributed by atoms with Gasteiger partial charge in [-0.2, -0.15) is 0 Å². The fourth-order valence-electron chi connectivity index (χ4n) is 4.76. The highest BCUT2D eigenvalue weighted by atomic mass is 19.1. The van der Waals surface area contributed by atoms with E-state index in [0.29, 0.717) is 25.2 Å². The van der Waals surface area contributed by atoms with Gasteiger partial charge >= 0.3 is 0 Å². The van der Waals surface area contributed by atoms with Crippen molar-refractivity contribution in [3.63, 3.8) is 0 Å². The molecule has 6 nitrogen and oxygen atoms in total. The number of aliphatic hydroxyl groups excluding tert-OH is 1. The van der Waals surface area contributed by atoms with Crippen LogP contribution in [0.25, 0.3) is 0 Å². The van der Waals surface area contributed by atoms with Crippen molar-refractivity contribution < 1.29 is 23.1 Å². The maximum Gasteiger partial charge on any atom is 0.270 e. The highest BCUT2D eigenvalue weighted by Gasteiger charge is 2.52. The van der Waals surface area contributed by atoms with E-state index in [1.54, 1.807) is 6.92 Å². The number of hydrogen-bond donors (Lipinski definition) is 2. The molecule has 1 aromatic carbocycles. The number of carbonyl (C=O) groups is 1. The van der Waals surface area contributed by atoms with Gasteiger partial charge in [-0.05, 0) is 50.8 Å². The Hall–Kier alpha value is -2.68. The summed E-state index contributed by atoms with van der Waals surface area (Å²) in [6, 6.07) is 4.06. The Bertz CT molecular complexity index is 939. The monoisotopic (exact) mass is 420 g/mol. The number of benzene rings is 1. The van der Waals surface area contributed by atoms with Gasteiger partial charge in [0.25, 0.3) is 5.91 Å². The number of alkyl halides is 1. The van der Waals surface area contributed by atoms with Gasteiger partial charge in [0.2, 0.25) is 0 Å². The fraction of sp³-hybridized carbons (Fsp3) is 0.476. The van der Waals surface area contributed by atoms with Gasteiger partial charge in [-0.1, -0.05) is 0 Å². The maximum atomic E-state index is 14.7. The lowest BCUT2D eigenvalue weighted by Gasteiger charge is -2.43. The molecule has 4 unspecified atom stereocenters. The molecule has 1 aliphatic carbocycles. The van der Waals surface area contributed by atoms with E-state index in [0.717, 1.165) is 18.2 Å². The van der Waals surface area contributed by atoms with Crippen LogP contribution in [0.4, 0.5) is 18.9 Å². The maximum absolute atomic E-state index is 14.7. The van der Waals surface area contributed by atoms with Crippen LogP contribution >= 0.6 is 0 Å². The predicted octanol–water partition coefficient (Wildman–Crippen LogP) is 2.90. The number of anilines is 1. The minimum Gasteiger partial charge on any atom is -0.373 e. The van der Waals surface area contributed by atoms with Crippen molar-refractivity contribution in [1.29, 1.82) is 0 Å². The van der Waals surface area contributed by atoms with Gasteiger partial charge in [-0.25, -0.2) is 23.1 Å². The second-order valence-electron chi connectivity index (χ2n) is 8.21. The molecule has 1 spiro atoms.